The fourth-order valence-corrected chi connectivity index (χ4v) is 3.57. The van der Waals surface area contributed by atoms with E-state index >= 15 is 0 Å². The molecule has 2 aromatic rings. The van der Waals surface area contributed by atoms with E-state index in [-0.39, 0.29) is 17.2 Å². The second-order valence-corrected chi connectivity index (χ2v) is 6.74. The molecule has 1 aliphatic rings. The number of aliphatic hydroxyl groups is 1. The summed E-state index contributed by atoms with van der Waals surface area (Å²) in [5, 5.41) is 10.2. The number of fused-ring (bicyclic) bond motifs is 1. The van der Waals surface area contributed by atoms with Crippen molar-refractivity contribution in [3.05, 3.63) is 27.2 Å². The van der Waals surface area contributed by atoms with Gasteiger partial charge >= 0.3 is 5.69 Å². The van der Waals surface area contributed by atoms with Gasteiger partial charge in [0.25, 0.3) is 5.56 Å². The van der Waals surface area contributed by atoms with Crippen molar-refractivity contribution in [2.45, 2.75) is 44.8 Å². The van der Waals surface area contributed by atoms with Gasteiger partial charge in [-0.3, -0.25) is 13.9 Å². The molecule has 7 heteroatoms. The third-order valence-corrected chi connectivity index (χ3v) is 4.70. The van der Waals surface area contributed by atoms with E-state index in [4.69, 9.17) is 0 Å². The van der Waals surface area contributed by atoms with Crippen molar-refractivity contribution in [3.63, 3.8) is 0 Å². The van der Waals surface area contributed by atoms with Crippen LogP contribution in [0.15, 0.2) is 15.9 Å². The molecule has 1 N–H and O–H groups in total. The lowest BCUT2D eigenvalue weighted by Gasteiger charge is -2.34. The molecule has 2 aromatic heterocycles. The number of aromatic nitrogens is 4. The second kappa shape index (κ2) is 5.08. The van der Waals surface area contributed by atoms with Crippen molar-refractivity contribution in [2.24, 2.45) is 20.0 Å². The van der Waals surface area contributed by atoms with Crippen LogP contribution < -0.4 is 11.2 Å². The van der Waals surface area contributed by atoms with Crippen molar-refractivity contribution in [3.8, 4) is 0 Å². The Hall–Kier alpha value is -1.89. The summed E-state index contributed by atoms with van der Waals surface area (Å²) in [6.07, 6.45) is 4.78. The zero-order chi connectivity index (χ0) is 16.1. The fourth-order valence-electron chi connectivity index (χ4n) is 3.57. The molecule has 1 unspecified atom stereocenters. The van der Waals surface area contributed by atoms with Crippen molar-refractivity contribution in [2.75, 3.05) is 0 Å². The van der Waals surface area contributed by atoms with Crippen LogP contribution in [-0.4, -0.2) is 29.4 Å². The number of aryl methyl sites for hydroxylation is 2. The van der Waals surface area contributed by atoms with Gasteiger partial charge in [0.2, 0.25) is 0 Å². The number of hydrogen-bond acceptors (Lipinski definition) is 4. The molecule has 0 saturated heterocycles. The molecule has 0 amide bonds. The normalized spacial score (nSPS) is 25.7. The minimum atomic E-state index is -0.700. The Balaban J connectivity index is 2.06. The first-order chi connectivity index (χ1) is 10.3. The first-order valence-electron chi connectivity index (χ1n) is 7.63. The Morgan fingerprint density at radius 1 is 1.41 bits per heavy atom. The molecule has 1 fully saturated rings. The topological polar surface area (TPSA) is 82.1 Å². The van der Waals surface area contributed by atoms with Gasteiger partial charge in [0.1, 0.15) is 0 Å². The third-order valence-electron chi connectivity index (χ3n) is 4.70. The summed E-state index contributed by atoms with van der Waals surface area (Å²) >= 11 is 0. The highest BCUT2D eigenvalue weighted by atomic mass is 16.3. The van der Waals surface area contributed by atoms with E-state index < -0.39 is 5.60 Å². The number of imidazole rings is 1. The van der Waals surface area contributed by atoms with Gasteiger partial charge in [-0.1, -0.05) is 6.42 Å². The average Bonchev–Trinajstić information content (AvgIpc) is 2.82. The standard InChI is InChI=1S/C15H22N4O3/c1-15(22)6-4-5-10(7-15)8-19-13(20)11-12(16-9-17(11)2)18(3)14(19)21/h9-10,22H,4-8H2,1-3H3/t10-,15?/m0/s1. The van der Waals surface area contributed by atoms with Gasteiger partial charge in [-0.25, -0.2) is 9.78 Å². The van der Waals surface area contributed by atoms with E-state index in [2.05, 4.69) is 4.98 Å². The first-order valence-corrected chi connectivity index (χ1v) is 7.63. The lowest BCUT2D eigenvalue weighted by atomic mass is 9.79. The lowest BCUT2D eigenvalue weighted by molar-refractivity contribution is -0.00250. The van der Waals surface area contributed by atoms with Crippen LogP contribution in [0, 0.1) is 5.92 Å². The molecule has 0 aliphatic heterocycles. The molecule has 3 rings (SSSR count). The van der Waals surface area contributed by atoms with E-state index in [9.17, 15) is 14.7 Å². The van der Waals surface area contributed by atoms with Crippen molar-refractivity contribution in [1.82, 2.24) is 18.7 Å². The molecular formula is C15H22N4O3. The van der Waals surface area contributed by atoms with Crippen LogP contribution in [0.2, 0.25) is 0 Å². The van der Waals surface area contributed by atoms with Gasteiger partial charge in [-0.05, 0) is 32.1 Å². The minimum absolute atomic E-state index is 0.139. The van der Waals surface area contributed by atoms with Gasteiger partial charge < -0.3 is 9.67 Å². The Labute approximate surface area is 127 Å². The molecule has 120 valence electrons. The van der Waals surface area contributed by atoms with Crippen LogP contribution in [0.5, 0.6) is 0 Å². The first kappa shape index (κ1) is 15.0. The van der Waals surface area contributed by atoms with Crippen molar-refractivity contribution >= 4 is 11.2 Å². The minimum Gasteiger partial charge on any atom is -0.390 e. The molecule has 0 bridgehead atoms. The molecule has 2 atom stereocenters. The maximum absolute atomic E-state index is 12.6. The lowest BCUT2D eigenvalue weighted by Crippen LogP contribution is -2.43. The summed E-state index contributed by atoms with van der Waals surface area (Å²) in [4.78, 5) is 29.2. The summed E-state index contributed by atoms with van der Waals surface area (Å²) in [5.41, 5.74) is -0.507. The molecule has 0 aromatic carbocycles. The van der Waals surface area contributed by atoms with E-state index in [0.29, 0.717) is 24.1 Å². The van der Waals surface area contributed by atoms with Crippen molar-refractivity contribution in [1.29, 1.82) is 0 Å². The van der Waals surface area contributed by atoms with Crippen molar-refractivity contribution < 1.29 is 5.11 Å². The Bertz CT molecular complexity index is 828. The summed E-state index contributed by atoms with van der Waals surface area (Å²) in [5.74, 6) is 0.139. The van der Waals surface area contributed by atoms with E-state index in [1.807, 2.05) is 6.92 Å². The molecular weight excluding hydrogens is 284 g/mol. The summed E-state index contributed by atoms with van der Waals surface area (Å²) < 4.78 is 4.35. The Kier molecular flexibility index (Phi) is 3.47. The zero-order valence-electron chi connectivity index (χ0n) is 13.2. The van der Waals surface area contributed by atoms with Gasteiger partial charge in [-0.15, -0.1) is 0 Å². The summed E-state index contributed by atoms with van der Waals surface area (Å²) in [6, 6.07) is 0. The Morgan fingerprint density at radius 3 is 2.82 bits per heavy atom. The highest BCUT2D eigenvalue weighted by Gasteiger charge is 2.30. The SMILES string of the molecule is Cn1cnc2c1c(=O)n(C[C@H]1CCCC(C)(O)C1)c(=O)n2C. The van der Waals surface area contributed by atoms with Gasteiger partial charge in [0, 0.05) is 20.6 Å². The van der Waals surface area contributed by atoms with Gasteiger partial charge in [-0.2, -0.15) is 0 Å². The predicted octanol–water partition coefficient (Wildman–Crippen LogP) is 0.375. The van der Waals surface area contributed by atoms with Crippen LogP contribution in [0.3, 0.4) is 0 Å². The van der Waals surface area contributed by atoms with Gasteiger partial charge in [0.15, 0.2) is 11.2 Å². The number of nitrogens with zero attached hydrogens (tertiary/aromatic N) is 4. The monoisotopic (exact) mass is 306 g/mol. The molecule has 1 saturated carbocycles. The Morgan fingerprint density at radius 2 is 2.14 bits per heavy atom. The largest absolute Gasteiger partial charge is 0.390 e. The zero-order valence-corrected chi connectivity index (χ0v) is 13.2. The van der Waals surface area contributed by atoms with Crippen LogP contribution >= 0.6 is 0 Å². The highest BCUT2D eigenvalue weighted by Crippen LogP contribution is 2.32. The van der Waals surface area contributed by atoms with Gasteiger partial charge in [0.05, 0.1) is 11.9 Å². The molecule has 22 heavy (non-hydrogen) atoms. The van der Waals surface area contributed by atoms with Crippen LogP contribution in [-0.2, 0) is 20.6 Å². The molecule has 1 aliphatic carbocycles. The summed E-state index contributed by atoms with van der Waals surface area (Å²) in [6.45, 7) is 2.17. The molecule has 7 nitrogen and oxygen atoms in total. The fraction of sp³-hybridized carbons (Fsp3) is 0.667. The third kappa shape index (κ3) is 2.39. The van der Waals surface area contributed by atoms with Crippen LogP contribution in [0.25, 0.3) is 11.2 Å². The van der Waals surface area contributed by atoms with E-state index in [0.717, 1.165) is 19.3 Å². The number of hydrogen-bond donors (Lipinski definition) is 1. The van der Waals surface area contributed by atoms with Crippen LogP contribution in [0.4, 0.5) is 0 Å². The second-order valence-electron chi connectivity index (χ2n) is 6.74. The highest BCUT2D eigenvalue weighted by molar-refractivity contribution is 5.69. The van der Waals surface area contributed by atoms with Crippen LogP contribution in [0.1, 0.15) is 32.6 Å². The quantitative estimate of drug-likeness (QED) is 0.869. The average molecular weight is 306 g/mol. The predicted molar refractivity (Wildman–Crippen MR) is 82.8 cm³/mol. The maximum atomic E-state index is 12.6. The number of rotatable bonds is 2. The smallest absolute Gasteiger partial charge is 0.332 e. The summed E-state index contributed by atoms with van der Waals surface area (Å²) in [7, 11) is 3.38. The van der Waals surface area contributed by atoms with E-state index in [1.165, 1.54) is 9.13 Å². The molecule has 0 spiro atoms. The molecule has 2 heterocycles. The van der Waals surface area contributed by atoms with E-state index in [1.54, 1.807) is 25.0 Å². The molecule has 0 radical (unpaired) electrons. The maximum Gasteiger partial charge on any atom is 0.332 e.